The van der Waals surface area contributed by atoms with Crippen molar-refractivity contribution in [2.75, 3.05) is 18.3 Å². The number of esters is 1. The van der Waals surface area contributed by atoms with Crippen molar-refractivity contribution in [1.82, 2.24) is 0 Å². The third kappa shape index (κ3) is 4.03. The van der Waals surface area contributed by atoms with Gasteiger partial charge in [0.2, 0.25) is 6.79 Å². The number of carbonyl (C=O) groups excluding carboxylic acids is 1. The minimum Gasteiger partial charge on any atom is -0.457 e. The molecule has 0 atom stereocenters. The molecule has 3 nitrogen and oxygen atoms in total. The first-order chi connectivity index (χ1) is 9.16. The second-order valence-electron chi connectivity index (χ2n) is 4.55. The van der Waals surface area contributed by atoms with Gasteiger partial charge in [-0.25, -0.2) is 4.79 Å². The second kappa shape index (κ2) is 6.66. The Labute approximate surface area is 117 Å². The highest BCUT2D eigenvalue weighted by molar-refractivity contribution is 7.97. The summed E-state index contributed by atoms with van der Waals surface area (Å²) in [5, 5.41) is 0. The average Bonchev–Trinajstić information content (AvgIpc) is 2.93. The summed E-state index contributed by atoms with van der Waals surface area (Å²) in [6, 6.07) is 8.11. The molecule has 0 saturated carbocycles. The second-order valence-corrected chi connectivity index (χ2v) is 6.83. The predicted molar refractivity (Wildman–Crippen MR) is 77.4 cm³/mol. The quantitative estimate of drug-likeness (QED) is 0.360. The molecule has 19 heavy (non-hydrogen) atoms. The Balaban J connectivity index is 1.81. The van der Waals surface area contributed by atoms with E-state index in [4.69, 9.17) is 9.47 Å². The molecule has 0 amide bonds. The highest BCUT2D eigenvalue weighted by Gasteiger charge is 2.26. The maximum atomic E-state index is 11.2. The Hall–Kier alpha value is -1.42. The Kier molecular flexibility index (Phi) is 4.91. The molecule has 0 radical (unpaired) electrons. The van der Waals surface area contributed by atoms with E-state index in [1.165, 1.54) is 29.2 Å². The minimum atomic E-state index is -0.427. The molecule has 0 aromatic heterocycles. The molecule has 1 aliphatic rings. The summed E-state index contributed by atoms with van der Waals surface area (Å²) in [5.74, 6) is 2.93. The highest BCUT2D eigenvalue weighted by atomic mass is 32.2. The minimum absolute atomic E-state index is 0.0727. The van der Waals surface area contributed by atoms with Gasteiger partial charge in [-0.2, -0.15) is 0 Å². The molecule has 0 N–H and O–H groups in total. The molecule has 1 heterocycles. The SMILES string of the molecule is C=C(C)C(=O)OCOc1ccc([S+]2CCCC2)cc1. The van der Waals surface area contributed by atoms with Gasteiger partial charge in [0.05, 0.1) is 0 Å². The summed E-state index contributed by atoms with van der Waals surface area (Å²) < 4.78 is 10.2. The van der Waals surface area contributed by atoms with Crippen LogP contribution < -0.4 is 4.74 Å². The van der Waals surface area contributed by atoms with Crippen LogP contribution in [0.15, 0.2) is 41.3 Å². The zero-order valence-corrected chi connectivity index (χ0v) is 12.0. The van der Waals surface area contributed by atoms with Gasteiger partial charge in [-0.1, -0.05) is 6.58 Å². The molecule has 1 saturated heterocycles. The third-order valence-corrected chi connectivity index (χ3v) is 5.45. The number of rotatable bonds is 5. The van der Waals surface area contributed by atoms with Crippen molar-refractivity contribution >= 4 is 16.9 Å². The van der Waals surface area contributed by atoms with E-state index in [9.17, 15) is 4.79 Å². The summed E-state index contributed by atoms with van der Waals surface area (Å²) in [5.41, 5.74) is 0.376. The molecule has 102 valence electrons. The van der Waals surface area contributed by atoms with Gasteiger partial charge in [0, 0.05) is 16.5 Å². The fourth-order valence-electron chi connectivity index (χ4n) is 1.89. The van der Waals surface area contributed by atoms with Gasteiger partial charge in [-0.15, -0.1) is 0 Å². The first kappa shape index (κ1) is 14.0. The number of hydrogen-bond acceptors (Lipinski definition) is 3. The summed E-state index contributed by atoms with van der Waals surface area (Å²) in [7, 11) is 0.429. The highest BCUT2D eigenvalue weighted by Crippen LogP contribution is 2.24. The van der Waals surface area contributed by atoms with Crippen LogP contribution in [0, 0.1) is 0 Å². The largest absolute Gasteiger partial charge is 0.457 e. The van der Waals surface area contributed by atoms with Gasteiger partial charge in [0.15, 0.2) is 4.90 Å². The third-order valence-electron chi connectivity index (χ3n) is 2.95. The summed E-state index contributed by atoms with van der Waals surface area (Å²) >= 11 is 0. The molecule has 1 aliphatic heterocycles. The van der Waals surface area contributed by atoms with Gasteiger partial charge in [0.25, 0.3) is 0 Å². The maximum absolute atomic E-state index is 11.2. The predicted octanol–water partition coefficient (Wildman–Crippen LogP) is 2.91. The molecule has 1 fully saturated rings. The van der Waals surface area contributed by atoms with E-state index in [0.717, 1.165) is 5.75 Å². The standard InChI is InChI=1S/C15H19O3S/c1-12(2)15(16)18-11-17-13-5-7-14(8-6-13)19-9-3-4-10-19/h5-8H,1,3-4,9-11H2,2H3/q+1. The normalized spacial score (nSPS) is 15.2. The lowest BCUT2D eigenvalue weighted by atomic mass is 10.3. The van der Waals surface area contributed by atoms with Crippen LogP contribution in [0.4, 0.5) is 0 Å². The van der Waals surface area contributed by atoms with Crippen LogP contribution >= 0.6 is 0 Å². The molecule has 1 aromatic carbocycles. The number of ether oxygens (including phenoxy) is 2. The van der Waals surface area contributed by atoms with E-state index in [0.29, 0.717) is 16.5 Å². The average molecular weight is 279 g/mol. The van der Waals surface area contributed by atoms with Crippen molar-refractivity contribution in [3.8, 4) is 5.75 Å². The van der Waals surface area contributed by atoms with Gasteiger partial charge in [-0.3, -0.25) is 0 Å². The van der Waals surface area contributed by atoms with Gasteiger partial charge >= 0.3 is 5.97 Å². The van der Waals surface area contributed by atoms with Crippen LogP contribution in [0.5, 0.6) is 5.75 Å². The topological polar surface area (TPSA) is 35.5 Å². The summed E-state index contributed by atoms with van der Waals surface area (Å²) in [4.78, 5) is 12.6. The van der Waals surface area contributed by atoms with Crippen molar-refractivity contribution in [3.63, 3.8) is 0 Å². The van der Waals surface area contributed by atoms with Crippen molar-refractivity contribution in [2.45, 2.75) is 24.7 Å². The van der Waals surface area contributed by atoms with Crippen molar-refractivity contribution in [1.29, 1.82) is 0 Å². The molecule has 0 unspecified atom stereocenters. The summed E-state index contributed by atoms with van der Waals surface area (Å²) in [6.07, 6.45) is 2.69. The van der Waals surface area contributed by atoms with E-state index in [2.05, 4.69) is 18.7 Å². The molecule has 0 spiro atoms. The number of benzene rings is 1. The van der Waals surface area contributed by atoms with E-state index >= 15 is 0 Å². The van der Waals surface area contributed by atoms with Gasteiger partial charge in [-0.05, 0) is 44.0 Å². The lowest BCUT2D eigenvalue weighted by Gasteiger charge is -2.07. The molecule has 0 aliphatic carbocycles. The lowest BCUT2D eigenvalue weighted by molar-refractivity contribution is -0.145. The Morgan fingerprint density at radius 1 is 1.26 bits per heavy atom. The lowest BCUT2D eigenvalue weighted by Crippen LogP contribution is -2.10. The maximum Gasteiger partial charge on any atom is 0.335 e. The van der Waals surface area contributed by atoms with Crippen LogP contribution in [0.2, 0.25) is 0 Å². The fraction of sp³-hybridized carbons (Fsp3) is 0.400. The Bertz CT molecular complexity index is 447. The Morgan fingerprint density at radius 3 is 2.47 bits per heavy atom. The first-order valence-corrected chi connectivity index (χ1v) is 7.96. The van der Waals surface area contributed by atoms with Gasteiger partial charge in [0.1, 0.15) is 17.3 Å². The van der Waals surface area contributed by atoms with Crippen molar-refractivity contribution < 1.29 is 14.3 Å². The van der Waals surface area contributed by atoms with Crippen LogP contribution in [0.25, 0.3) is 0 Å². The molecular formula is C15H19O3S+. The van der Waals surface area contributed by atoms with Gasteiger partial charge < -0.3 is 9.47 Å². The van der Waals surface area contributed by atoms with E-state index in [-0.39, 0.29) is 6.79 Å². The molecular weight excluding hydrogens is 260 g/mol. The zero-order chi connectivity index (χ0) is 13.7. The zero-order valence-electron chi connectivity index (χ0n) is 11.2. The smallest absolute Gasteiger partial charge is 0.335 e. The first-order valence-electron chi connectivity index (χ1n) is 6.40. The van der Waals surface area contributed by atoms with Crippen molar-refractivity contribution in [2.24, 2.45) is 0 Å². The van der Waals surface area contributed by atoms with Crippen LogP contribution in [-0.4, -0.2) is 24.3 Å². The van der Waals surface area contributed by atoms with E-state index in [1.807, 2.05) is 12.1 Å². The molecule has 4 heteroatoms. The number of hydrogen-bond donors (Lipinski definition) is 0. The number of carbonyl (C=O) groups is 1. The van der Waals surface area contributed by atoms with E-state index < -0.39 is 5.97 Å². The van der Waals surface area contributed by atoms with Crippen LogP contribution in [0.3, 0.4) is 0 Å². The van der Waals surface area contributed by atoms with E-state index in [1.54, 1.807) is 6.92 Å². The monoisotopic (exact) mass is 279 g/mol. The molecule has 0 bridgehead atoms. The Morgan fingerprint density at radius 2 is 1.89 bits per heavy atom. The van der Waals surface area contributed by atoms with Crippen LogP contribution in [-0.2, 0) is 20.4 Å². The fourth-order valence-corrected chi connectivity index (χ4v) is 4.19. The van der Waals surface area contributed by atoms with Crippen LogP contribution in [0.1, 0.15) is 19.8 Å². The summed E-state index contributed by atoms with van der Waals surface area (Å²) in [6.45, 7) is 5.05. The molecule has 1 aromatic rings. The van der Waals surface area contributed by atoms with Crippen molar-refractivity contribution in [3.05, 3.63) is 36.4 Å². The molecule has 2 rings (SSSR count).